The Hall–Kier alpha value is -2.90. The summed E-state index contributed by atoms with van der Waals surface area (Å²) < 4.78 is 5.24. The molecule has 1 heterocycles. The lowest BCUT2D eigenvalue weighted by Crippen LogP contribution is -2.52. The second kappa shape index (κ2) is 8.86. The van der Waals surface area contributed by atoms with Gasteiger partial charge >= 0.3 is 0 Å². The fraction of sp³-hybridized carbons (Fsp3) is 0.333. The van der Waals surface area contributed by atoms with E-state index in [1.54, 1.807) is 24.3 Å². The molecule has 3 rings (SSSR count). The van der Waals surface area contributed by atoms with Crippen LogP contribution in [0.25, 0.3) is 11.1 Å². The van der Waals surface area contributed by atoms with Crippen molar-refractivity contribution >= 4 is 11.8 Å². The zero-order chi connectivity index (χ0) is 20.0. The molecule has 2 amide bonds. The summed E-state index contributed by atoms with van der Waals surface area (Å²) >= 11 is 0. The van der Waals surface area contributed by atoms with Gasteiger partial charge in [-0.2, -0.15) is 0 Å². The topological polar surface area (TPSA) is 114 Å². The van der Waals surface area contributed by atoms with E-state index in [0.717, 1.165) is 24.1 Å². The summed E-state index contributed by atoms with van der Waals surface area (Å²) in [5.74, 6) is -0.167. The van der Waals surface area contributed by atoms with E-state index in [9.17, 15) is 14.7 Å². The lowest BCUT2D eigenvalue weighted by molar-refractivity contribution is -0.119. The van der Waals surface area contributed by atoms with Crippen molar-refractivity contribution in [3.05, 3.63) is 54.1 Å². The van der Waals surface area contributed by atoms with Crippen LogP contribution in [0.3, 0.4) is 0 Å². The highest BCUT2D eigenvalue weighted by molar-refractivity contribution is 5.94. The molecule has 0 bridgehead atoms. The largest absolute Gasteiger partial charge is 0.484 e. The Kier molecular flexibility index (Phi) is 6.28. The fourth-order valence-corrected chi connectivity index (χ4v) is 3.16. The number of hydrogen-bond acceptors (Lipinski definition) is 5. The van der Waals surface area contributed by atoms with Gasteiger partial charge in [-0.05, 0) is 54.8 Å². The SMILES string of the molecule is NC(=O)COc1ccc(-c2ccc(C(=O)NCC3(O)CCCNC3)cc2)cc1. The van der Waals surface area contributed by atoms with Crippen LogP contribution in [0.1, 0.15) is 23.2 Å². The Morgan fingerprint density at radius 3 is 2.32 bits per heavy atom. The number of carbonyl (C=O) groups excluding carboxylic acids is 2. The molecular formula is C21H25N3O4. The van der Waals surface area contributed by atoms with Crippen molar-refractivity contribution in [1.29, 1.82) is 0 Å². The normalized spacial score (nSPS) is 19.0. The molecular weight excluding hydrogens is 358 g/mol. The Morgan fingerprint density at radius 2 is 1.75 bits per heavy atom. The first-order valence-corrected chi connectivity index (χ1v) is 9.28. The maximum Gasteiger partial charge on any atom is 0.255 e. The number of piperidine rings is 1. The zero-order valence-corrected chi connectivity index (χ0v) is 15.6. The highest BCUT2D eigenvalue weighted by Crippen LogP contribution is 2.23. The van der Waals surface area contributed by atoms with Crippen LogP contribution in [-0.2, 0) is 4.79 Å². The zero-order valence-electron chi connectivity index (χ0n) is 15.6. The third-order valence-corrected chi connectivity index (χ3v) is 4.74. The van der Waals surface area contributed by atoms with Crippen LogP contribution in [0.5, 0.6) is 5.75 Å². The monoisotopic (exact) mass is 383 g/mol. The Labute approximate surface area is 163 Å². The van der Waals surface area contributed by atoms with Gasteiger partial charge in [0.25, 0.3) is 11.8 Å². The lowest BCUT2D eigenvalue weighted by Gasteiger charge is -2.32. The number of benzene rings is 2. The molecule has 7 heteroatoms. The number of nitrogens with two attached hydrogens (primary N) is 1. The average Bonchev–Trinajstić information content (AvgIpc) is 2.72. The van der Waals surface area contributed by atoms with Crippen molar-refractivity contribution in [1.82, 2.24) is 10.6 Å². The predicted molar refractivity (Wildman–Crippen MR) is 106 cm³/mol. The molecule has 2 aromatic carbocycles. The first-order chi connectivity index (χ1) is 13.5. The van der Waals surface area contributed by atoms with Crippen LogP contribution in [0, 0.1) is 0 Å². The van der Waals surface area contributed by atoms with E-state index < -0.39 is 11.5 Å². The van der Waals surface area contributed by atoms with Crippen molar-refractivity contribution in [2.45, 2.75) is 18.4 Å². The summed E-state index contributed by atoms with van der Waals surface area (Å²) in [7, 11) is 0. The second-order valence-electron chi connectivity index (χ2n) is 7.04. The minimum absolute atomic E-state index is 0.158. The fourth-order valence-electron chi connectivity index (χ4n) is 3.16. The van der Waals surface area contributed by atoms with Gasteiger partial charge in [-0.15, -0.1) is 0 Å². The molecule has 1 aliphatic rings. The molecule has 0 radical (unpaired) electrons. The van der Waals surface area contributed by atoms with Crippen LogP contribution in [0.4, 0.5) is 0 Å². The number of nitrogens with one attached hydrogen (secondary N) is 2. The molecule has 2 aromatic rings. The van der Waals surface area contributed by atoms with Gasteiger partial charge in [-0.25, -0.2) is 0 Å². The number of primary amides is 1. The van der Waals surface area contributed by atoms with E-state index in [-0.39, 0.29) is 19.1 Å². The number of β-amino-alcohol motifs (C(OH)–C–C–N with tert-alkyl or cyclic N) is 1. The summed E-state index contributed by atoms with van der Waals surface area (Å²) in [5, 5.41) is 16.4. The predicted octanol–water partition coefficient (Wildman–Crippen LogP) is 1.06. The molecule has 0 aromatic heterocycles. The van der Waals surface area contributed by atoms with Gasteiger partial charge in [-0.3, -0.25) is 9.59 Å². The first kappa shape index (κ1) is 19.9. The van der Waals surface area contributed by atoms with E-state index in [4.69, 9.17) is 10.5 Å². The van der Waals surface area contributed by atoms with Crippen molar-refractivity contribution < 1.29 is 19.4 Å². The minimum Gasteiger partial charge on any atom is -0.484 e. The number of ether oxygens (including phenoxy) is 1. The number of aliphatic hydroxyl groups is 1. The first-order valence-electron chi connectivity index (χ1n) is 9.28. The number of amides is 2. The molecule has 1 aliphatic heterocycles. The lowest BCUT2D eigenvalue weighted by atomic mass is 9.94. The highest BCUT2D eigenvalue weighted by atomic mass is 16.5. The highest BCUT2D eigenvalue weighted by Gasteiger charge is 2.29. The van der Waals surface area contributed by atoms with Crippen molar-refractivity contribution in [2.24, 2.45) is 5.73 Å². The molecule has 28 heavy (non-hydrogen) atoms. The standard InChI is InChI=1S/C21H25N3O4/c22-19(25)12-28-18-8-6-16(7-9-18)15-2-4-17(5-3-15)20(26)24-14-21(27)10-1-11-23-13-21/h2-9,23,27H,1,10-14H2,(H2,22,25)(H,24,26). The Bertz CT molecular complexity index is 813. The third-order valence-electron chi connectivity index (χ3n) is 4.74. The van der Waals surface area contributed by atoms with Gasteiger partial charge in [0.1, 0.15) is 5.75 Å². The van der Waals surface area contributed by atoms with Crippen molar-refractivity contribution in [2.75, 3.05) is 26.2 Å². The third kappa shape index (κ3) is 5.31. The van der Waals surface area contributed by atoms with Crippen LogP contribution in [-0.4, -0.2) is 48.8 Å². The molecule has 1 atom stereocenters. The van der Waals surface area contributed by atoms with Crippen LogP contribution in [0.15, 0.2) is 48.5 Å². The minimum atomic E-state index is -0.883. The van der Waals surface area contributed by atoms with Gasteiger partial charge in [0.15, 0.2) is 6.61 Å². The molecule has 1 fully saturated rings. The van der Waals surface area contributed by atoms with Crippen LogP contribution < -0.4 is 21.1 Å². The summed E-state index contributed by atoms with van der Waals surface area (Å²) in [4.78, 5) is 23.1. The van der Waals surface area contributed by atoms with Gasteiger partial charge in [0.05, 0.1) is 5.60 Å². The summed E-state index contributed by atoms with van der Waals surface area (Å²) in [6.45, 7) is 1.46. The van der Waals surface area contributed by atoms with E-state index >= 15 is 0 Å². The van der Waals surface area contributed by atoms with Crippen molar-refractivity contribution in [3.8, 4) is 16.9 Å². The second-order valence-corrected chi connectivity index (χ2v) is 7.04. The van der Waals surface area contributed by atoms with Crippen LogP contribution >= 0.6 is 0 Å². The number of hydrogen-bond donors (Lipinski definition) is 4. The number of rotatable bonds is 7. The van der Waals surface area contributed by atoms with Gasteiger partial charge in [0, 0.05) is 18.7 Å². The van der Waals surface area contributed by atoms with Gasteiger partial charge < -0.3 is 26.2 Å². The summed E-state index contributed by atoms with van der Waals surface area (Å²) in [6, 6.07) is 14.5. The number of carbonyl (C=O) groups is 2. The van der Waals surface area contributed by atoms with Crippen molar-refractivity contribution in [3.63, 3.8) is 0 Å². The summed E-state index contributed by atoms with van der Waals surface area (Å²) in [6.07, 6.45) is 1.58. The maximum absolute atomic E-state index is 12.4. The molecule has 5 N–H and O–H groups in total. The van der Waals surface area contributed by atoms with E-state index in [1.807, 2.05) is 24.3 Å². The van der Waals surface area contributed by atoms with Gasteiger partial charge in [-0.1, -0.05) is 24.3 Å². The van der Waals surface area contributed by atoms with E-state index in [2.05, 4.69) is 10.6 Å². The molecule has 0 saturated carbocycles. The molecule has 0 aliphatic carbocycles. The smallest absolute Gasteiger partial charge is 0.255 e. The maximum atomic E-state index is 12.4. The van der Waals surface area contributed by atoms with Gasteiger partial charge in [0.2, 0.25) is 0 Å². The summed E-state index contributed by atoms with van der Waals surface area (Å²) in [5.41, 5.74) is 6.63. The molecule has 1 saturated heterocycles. The van der Waals surface area contributed by atoms with E-state index in [0.29, 0.717) is 24.3 Å². The Morgan fingerprint density at radius 1 is 1.11 bits per heavy atom. The van der Waals surface area contributed by atoms with Crippen LogP contribution in [0.2, 0.25) is 0 Å². The molecule has 148 valence electrons. The average molecular weight is 383 g/mol. The molecule has 0 spiro atoms. The molecule has 1 unspecified atom stereocenters. The molecule has 7 nitrogen and oxygen atoms in total. The Balaban J connectivity index is 1.58. The quantitative estimate of drug-likeness (QED) is 0.571. The van der Waals surface area contributed by atoms with E-state index in [1.165, 1.54) is 0 Å².